The molecule has 0 saturated heterocycles. The van der Waals surface area contributed by atoms with Crippen LogP contribution >= 0.6 is 0 Å². The second-order valence-electron chi connectivity index (χ2n) is 8.12. The predicted molar refractivity (Wildman–Crippen MR) is 124 cm³/mol. The van der Waals surface area contributed by atoms with Gasteiger partial charge in [-0.3, -0.25) is 4.79 Å². The molecule has 0 heterocycles. The third-order valence-corrected chi connectivity index (χ3v) is 5.42. The highest BCUT2D eigenvalue weighted by Crippen LogP contribution is 2.26. The van der Waals surface area contributed by atoms with Gasteiger partial charge in [-0.05, 0) is 54.2 Å². The average molecular weight is 416 g/mol. The molecule has 0 spiro atoms. The summed E-state index contributed by atoms with van der Waals surface area (Å²) >= 11 is 0. The van der Waals surface area contributed by atoms with Crippen molar-refractivity contribution in [2.45, 2.75) is 40.3 Å². The summed E-state index contributed by atoms with van der Waals surface area (Å²) in [5.41, 5.74) is 5.86. The molecule has 0 aliphatic rings. The van der Waals surface area contributed by atoms with Crippen LogP contribution in [0.1, 0.15) is 40.9 Å². The normalized spacial score (nSPS) is 11.8. The number of amides is 1. The third kappa shape index (κ3) is 5.60. The van der Waals surface area contributed by atoms with Crippen LogP contribution in [0, 0.1) is 19.8 Å². The van der Waals surface area contributed by atoms with Crippen LogP contribution in [0.5, 0.6) is 0 Å². The summed E-state index contributed by atoms with van der Waals surface area (Å²) in [6.07, 6.45) is 0. The predicted octanol–water partition coefficient (Wildman–Crippen LogP) is 5.47. The van der Waals surface area contributed by atoms with Crippen molar-refractivity contribution < 1.29 is 14.3 Å². The van der Waals surface area contributed by atoms with E-state index in [0.717, 1.165) is 27.8 Å². The van der Waals surface area contributed by atoms with Crippen molar-refractivity contribution in [1.82, 2.24) is 5.32 Å². The van der Waals surface area contributed by atoms with Crippen LogP contribution in [0.15, 0.2) is 72.8 Å². The van der Waals surface area contributed by atoms with E-state index in [1.165, 1.54) is 0 Å². The summed E-state index contributed by atoms with van der Waals surface area (Å²) in [7, 11) is 0. The van der Waals surface area contributed by atoms with Crippen LogP contribution in [0.4, 0.5) is 0 Å². The first-order valence-electron chi connectivity index (χ1n) is 10.5. The molecule has 4 heteroatoms. The summed E-state index contributed by atoms with van der Waals surface area (Å²) < 4.78 is 5.63. The minimum atomic E-state index is -0.716. The molecule has 3 aromatic rings. The molecule has 3 aromatic carbocycles. The van der Waals surface area contributed by atoms with E-state index in [9.17, 15) is 9.59 Å². The summed E-state index contributed by atoms with van der Waals surface area (Å²) in [5, 5.41) is 2.83. The van der Waals surface area contributed by atoms with Gasteiger partial charge in [-0.2, -0.15) is 0 Å². The van der Waals surface area contributed by atoms with Gasteiger partial charge in [-0.25, -0.2) is 4.79 Å². The van der Waals surface area contributed by atoms with Gasteiger partial charge in [-0.15, -0.1) is 0 Å². The van der Waals surface area contributed by atoms with Crippen molar-refractivity contribution in [3.8, 4) is 11.1 Å². The van der Waals surface area contributed by atoms with E-state index in [1.807, 2.05) is 70.2 Å². The summed E-state index contributed by atoms with van der Waals surface area (Å²) in [4.78, 5) is 25.4. The van der Waals surface area contributed by atoms with Gasteiger partial charge in [0.2, 0.25) is 0 Å². The number of nitrogens with one attached hydrogen (secondary N) is 1. The molecule has 0 unspecified atom stereocenters. The quantitative estimate of drug-likeness (QED) is 0.521. The fourth-order valence-corrected chi connectivity index (χ4v) is 3.44. The molecular weight excluding hydrogens is 386 g/mol. The van der Waals surface area contributed by atoms with Gasteiger partial charge >= 0.3 is 5.97 Å². The zero-order chi connectivity index (χ0) is 22.4. The third-order valence-electron chi connectivity index (χ3n) is 5.42. The monoisotopic (exact) mass is 415 g/mol. The topological polar surface area (TPSA) is 55.4 Å². The largest absolute Gasteiger partial charge is 0.459 e. The van der Waals surface area contributed by atoms with Crippen LogP contribution < -0.4 is 5.32 Å². The Morgan fingerprint density at radius 3 is 2.19 bits per heavy atom. The molecule has 31 heavy (non-hydrogen) atoms. The van der Waals surface area contributed by atoms with Crippen LogP contribution in [-0.4, -0.2) is 17.9 Å². The maximum absolute atomic E-state index is 12.8. The molecule has 1 atom stereocenters. The number of carbonyl (C=O) groups excluding carboxylic acids is 2. The molecule has 0 aromatic heterocycles. The standard InChI is InChI=1S/C27H29NO3/c1-18(2)25(28-26(29)22-15-13-19(3)14-16-22)27(30)31-17-23-11-8-12-24(20(23)4)21-9-6-5-7-10-21/h5-16,18,25H,17H2,1-4H3,(H,28,29)/t25-/m0/s1. The Morgan fingerprint density at radius 2 is 1.55 bits per heavy atom. The number of ether oxygens (including phenoxy) is 1. The van der Waals surface area contributed by atoms with Crippen LogP contribution in [0.3, 0.4) is 0 Å². The second kappa shape index (κ2) is 10.1. The summed E-state index contributed by atoms with van der Waals surface area (Å²) in [6.45, 7) is 7.94. The van der Waals surface area contributed by atoms with Crippen molar-refractivity contribution in [1.29, 1.82) is 0 Å². The molecule has 0 aliphatic carbocycles. The lowest BCUT2D eigenvalue weighted by molar-refractivity contribution is -0.148. The van der Waals surface area contributed by atoms with Crippen molar-refractivity contribution in [2.24, 2.45) is 5.92 Å². The Balaban J connectivity index is 1.69. The van der Waals surface area contributed by atoms with Gasteiger partial charge in [0.05, 0.1) is 0 Å². The number of aryl methyl sites for hydroxylation is 1. The van der Waals surface area contributed by atoms with Gasteiger partial charge in [0.25, 0.3) is 5.91 Å². The van der Waals surface area contributed by atoms with E-state index in [2.05, 4.69) is 23.5 Å². The van der Waals surface area contributed by atoms with Gasteiger partial charge < -0.3 is 10.1 Å². The molecule has 0 fully saturated rings. The minimum absolute atomic E-state index is 0.0985. The molecule has 0 aliphatic heterocycles. The first-order valence-corrected chi connectivity index (χ1v) is 10.5. The highest BCUT2D eigenvalue weighted by atomic mass is 16.5. The van der Waals surface area contributed by atoms with E-state index >= 15 is 0 Å². The van der Waals surface area contributed by atoms with Crippen molar-refractivity contribution >= 4 is 11.9 Å². The lowest BCUT2D eigenvalue weighted by Gasteiger charge is -2.21. The van der Waals surface area contributed by atoms with Crippen molar-refractivity contribution in [3.05, 3.63) is 95.1 Å². The van der Waals surface area contributed by atoms with Crippen LogP contribution in [0.2, 0.25) is 0 Å². The number of hydrogen-bond acceptors (Lipinski definition) is 3. The van der Waals surface area contributed by atoms with E-state index < -0.39 is 12.0 Å². The molecule has 4 nitrogen and oxygen atoms in total. The van der Waals surface area contributed by atoms with Crippen LogP contribution in [-0.2, 0) is 16.1 Å². The molecule has 0 saturated carbocycles. The molecule has 1 amide bonds. The lowest BCUT2D eigenvalue weighted by Crippen LogP contribution is -2.45. The molecular formula is C27H29NO3. The van der Waals surface area contributed by atoms with Gasteiger partial charge in [0.15, 0.2) is 0 Å². The minimum Gasteiger partial charge on any atom is -0.459 e. The van der Waals surface area contributed by atoms with Gasteiger partial charge in [-0.1, -0.05) is 80.1 Å². The fraction of sp³-hybridized carbons (Fsp3) is 0.259. The highest BCUT2D eigenvalue weighted by Gasteiger charge is 2.26. The maximum atomic E-state index is 12.8. The summed E-state index contributed by atoms with van der Waals surface area (Å²) in [5.74, 6) is -0.809. The number of rotatable bonds is 7. The SMILES string of the molecule is Cc1ccc(C(=O)N[C@H](C(=O)OCc2cccc(-c3ccccc3)c2C)C(C)C)cc1. The Morgan fingerprint density at radius 1 is 0.871 bits per heavy atom. The number of hydrogen-bond donors (Lipinski definition) is 1. The lowest BCUT2D eigenvalue weighted by atomic mass is 9.97. The Kier molecular flexibility index (Phi) is 7.24. The molecule has 0 bridgehead atoms. The Hall–Kier alpha value is -3.40. The smallest absolute Gasteiger partial charge is 0.329 e. The molecule has 0 radical (unpaired) electrons. The second-order valence-corrected chi connectivity index (χ2v) is 8.12. The first-order chi connectivity index (χ1) is 14.9. The van der Waals surface area contributed by atoms with Gasteiger partial charge in [0, 0.05) is 5.56 Å². The van der Waals surface area contributed by atoms with E-state index in [1.54, 1.807) is 12.1 Å². The average Bonchev–Trinajstić information content (AvgIpc) is 2.77. The van der Waals surface area contributed by atoms with E-state index in [4.69, 9.17) is 4.74 Å². The number of esters is 1. The van der Waals surface area contributed by atoms with Crippen molar-refractivity contribution in [2.75, 3.05) is 0 Å². The van der Waals surface area contributed by atoms with Crippen molar-refractivity contribution in [3.63, 3.8) is 0 Å². The number of benzene rings is 3. The Bertz CT molecular complexity index is 1040. The number of carbonyl (C=O) groups is 2. The molecule has 3 rings (SSSR count). The summed E-state index contributed by atoms with van der Waals surface area (Å²) in [6, 6.07) is 22.7. The van der Waals surface area contributed by atoms with Gasteiger partial charge in [0.1, 0.15) is 12.6 Å². The molecule has 160 valence electrons. The zero-order valence-electron chi connectivity index (χ0n) is 18.5. The zero-order valence-corrected chi connectivity index (χ0v) is 18.5. The van der Waals surface area contributed by atoms with Crippen LogP contribution in [0.25, 0.3) is 11.1 Å². The fourth-order valence-electron chi connectivity index (χ4n) is 3.44. The van der Waals surface area contributed by atoms with E-state index in [-0.39, 0.29) is 18.4 Å². The Labute approximate surface area is 184 Å². The molecule has 1 N–H and O–H groups in total. The van der Waals surface area contributed by atoms with E-state index in [0.29, 0.717) is 5.56 Å². The highest BCUT2D eigenvalue weighted by molar-refractivity contribution is 5.96. The maximum Gasteiger partial charge on any atom is 0.329 e. The first kappa shape index (κ1) is 22.3.